The molecule has 0 aliphatic carbocycles. The number of carboxylic acids is 1. The van der Waals surface area contributed by atoms with Gasteiger partial charge in [0.1, 0.15) is 5.76 Å². The summed E-state index contributed by atoms with van der Waals surface area (Å²) in [5, 5.41) is 26.9. The van der Waals surface area contributed by atoms with E-state index in [4.69, 9.17) is 10.2 Å². The van der Waals surface area contributed by atoms with Crippen molar-refractivity contribution in [3.63, 3.8) is 0 Å². The number of carbonyl (C=O) groups excluding carboxylic acids is 1. The van der Waals surface area contributed by atoms with Crippen LogP contribution in [0.5, 0.6) is 0 Å². The van der Waals surface area contributed by atoms with Crippen LogP contribution in [0.3, 0.4) is 0 Å². The van der Waals surface area contributed by atoms with Gasteiger partial charge in [0.2, 0.25) is 0 Å². The second-order valence-electron chi connectivity index (χ2n) is 2.00. The van der Waals surface area contributed by atoms with Crippen molar-refractivity contribution in [3.05, 3.63) is 23.7 Å². The summed E-state index contributed by atoms with van der Waals surface area (Å²) in [5.74, 6) is -3.58. The molecule has 5 nitrogen and oxygen atoms in total. The summed E-state index contributed by atoms with van der Waals surface area (Å²) in [5.41, 5.74) is -0.0930. The Balaban J connectivity index is 4.58. The van der Waals surface area contributed by atoms with Gasteiger partial charge in [0.25, 0.3) is 5.78 Å². The number of rotatable bonds is 3. The average molecular weight is 171 g/mol. The standard InChI is InChI=1S/C7H8O5/c1-4(3-8)5(9)2-6(10)7(11)12/h2-3,8-9H,1H3,(H,11,12)/p-1. The minimum Gasteiger partial charge on any atom is -0.878 e. The lowest BCUT2D eigenvalue weighted by Crippen LogP contribution is -2.10. The van der Waals surface area contributed by atoms with Crippen LogP contribution in [0.4, 0.5) is 0 Å². The van der Waals surface area contributed by atoms with E-state index in [-0.39, 0.29) is 5.57 Å². The Morgan fingerprint density at radius 3 is 2.17 bits per heavy atom. The van der Waals surface area contributed by atoms with E-state index < -0.39 is 17.5 Å². The molecule has 0 bridgehead atoms. The summed E-state index contributed by atoms with van der Waals surface area (Å²) in [4.78, 5) is 20.4. The van der Waals surface area contributed by atoms with Crippen molar-refractivity contribution >= 4 is 11.8 Å². The second kappa shape index (κ2) is 4.17. The van der Waals surface area contributed by atoms with Crippen LogP contribution in [0.15, 0.2) is 23.7 Å². The number of aliphatic hydroxyl groups is 1. The van der Waals surface area contributed by atoms with Crippen LogP contribution in [0.1, 0.15) is 6.92 Å². The van der Waals surface area contributed by atoms with Gasteiger partial charge >= 0.3 is 5.97 Å². The molecule has 12 heavy (non-hydrogen) atoms. The van der Waals surface area contributed by atoms with E-state index in [0.717, 1.165) is 0 Å². The smallest absolute Gasteiger partial charge is 0.376 e. The first-order valence-electron chi connectivity index (χ1n) is 2.96. The van der Waals surface area contributed by atoms with Crippen molar-refractivity contribution in [3.8, 4) is 0 Å². The third-order valence-corrected chi connectivity index (χ3v) is 1.06. The predicted molar refractivity (Wildman–Crippen MR) is 37.1 cm³/mol. The molecule has 0 radical (unpaired) electrons. The topological polar surface area (TPSA) is 97.7 Å². The van der Waals surface area contributed by atoms with Gasteiger partial charge in [0.15, 0.2) is 0 Å². The van der Waals surface area contributed by atoms with E-state index in [1.54, 1.807) is 0 Å². The predicted octanol–water partition coefficient (Wildman–Crippen LogP) is -0.654. The molecule has 0 aliphatic rings. The molecule has 0 aromatic carbocycles. The van der Waals surface area contributed by atoms with Gasteiger partial charge in [-0.05, 0) is 12.5 Å². The van der Waals surface area contributed by atoms with Crippen LogP contribution in [0.25, 0.3) is 0 Å². The van der Waals surface area contributed by atoms with Crippen LogP contribution < -0.4 is 5.11 Å². The molecule has 0 fully saturated rings. The Bertz CT molecular complexity index is 261. The summed E-state index contributed by atoms with van der Waals surface area (Å²) >= 11 is 0. The van der Waals surface area contributed by atoms with Gasteiger partial charge in [-0.25, -0.2) is 4.79 Å². The number of ketones is 1. The van der Waals surface area contributed by atoms with E-state index in [1.807, 2.05) is 0 Å². The monoisotopic (exact) mass is 171 g/mol. The number of aliphatic carboxylic acids is 1. The van der Waals surface area contributed by atoms with E-state index >= 15 is 0 Å². The summed E-state index contributed by atoms with van der Waals surface area (Å²) in [7, 11) is 0. The molecule has 0 rings (SSSR count). The van der Waals surface area contributed by atoms with E-state index in [2.05, 4.69) is 0 Å². The lowest BCUT2D eigenvalue weighted by atomic mass is 10.2. The van der Waals surface area contributed by atoms with Gasteiger partial charge in [0, 0.05) is 6.08 Å². The van der Waals surface area contributed by atoms with E-state index in [1.165, 1.54) is 6.92 Å². The van der Waals surface area contributed by atoms with Gasteiger partial charge in [-0.2, -0.15) is 0 Å². The molecule has 0 aromatic heterocycles. The number of allylic oxidation sites excluding steroid dienone is 1. The van der Waals surface area contributed by atoms with Crippen LogP contribution in [-0.4, -0.2) is 22.0 Å². The number of hydrogen-bond acceptors (Lipinski definition) is 4. The van der Waals surface area contributed by atoms with Gasteiger partial charge in [-0.3, -0.25) is 4.79 Å². The number of hydrogen-bond donors (Lipinski definition) is 2. The highest BCUT2D eigenvalue weighted by atomic mass is 16.4. The zero-order valence-electron chi connectivity index (χ0n) is 6.27. The highest BCUT2D eigenvalue weighted by Crippen LogP contribution is 2.02. The first-order valence-corrected chi connectivity index (χ1v) is 2.96. The second-order valence-corrected chi connectivity index (χ2v) is 2.00. The van der Waals surface area contributed by atoms with Gasteiger partial charge in [0.05, 0.1) is 0 Å². The van der Waals surface area contributed by atoms with Gasteiger partial charge < -0.3 is 15.3 Å². The third-order valence-electron chi connectivity index (χ3n) is 1.06. The maximum Gasteiger partial charge on any atom is 0.376 e. The van der Waals surface area contributed by atoms with Crippen molar-refractivity contribution in [1.29, 1.82) is 0 Å². The molecule has 0 amide bonds. The molecule has 0 saturated carbocycles. The molecule has 0 aliphatic heterocycles. The van der Waals surface area contributed by atoms with Crippen molar-refractivity contribution in [2.75, 3.05) is 0 Å². The molecule has 0 unspecified atom stereocenters. The number of carbonyl (C=O) groups is 2. The molecule has 5 heteroatoms. The Morgan fingerprint density at radius 1 is 1.33 bits per heavy atom. The average Bonchev–Trinajstić information content (AvgIpc) is 2.02. The maximum absolute atomic E-state index is 10.4. The molecule has 0 aromatic rings. The highest BCUT2D eigenvalue weighted by Gasteiger charge is 2.08. The van der Waals surface area contributed by atoms with E-state index in [0.29, 0.717) is 12.3 Å². The lowest BCUT2D eigenvalue weighted by molar-refractivity contribution is -0.276. The first kappa shape index (κ1) is 10.2. The fourth-order valence-corrected chi connectivity index (χ4v) is 0.360. The Hall–Kier alpha value is -1.78. The van der Waals surface area contributed by atoms with Crippen LogP contribution in [-0.2, 0) is 9.59 Å². The fourth-order valence-electron chi connectivity index (χ4n) is 0.360. The quantitative estimate of drug-likeness (QED) is 0.254. The summed E-state index contributed by atoms with van der Waals surface area (Å²) < 4.78 is 0. The number of aliphatic hydroxyl groups excluding tert-OH is 1. The van der Waals surface area contributed by atoms with Crippen LogP contribution in [0.2, 0.25) is 0 Å². The van der Waals surface area contributed by atoms with Crippen molar-refractivity contribution in [2.24, 2.45) is 0 Å². The van der Waals surface area contributed by atoms with Crippen molar-refractivity contribution in [2.45, 2.75) is 6.92 Å². The fraction of sp³-hybridized carbons (Fsp3) is 0.143. The van der Waals surface area contributed by atoms with Crippen LogP contribution in [0, 0.1) is 0 Å². The molecular weight excluding hydrogens is 164 g/mol. The summed E-state index contributed by atoms with van der Waals surface area (Å²) in [6.45, 7) is 1.26. The molecule has 0 saturated heterocycles. The molecule has 0 spiro atoms. The maximum atomic E-state index is 10.4. The molecule has 66 valence electrons. The Kier molecular flexibility index (Phi) is 3.55. The Morgan fingerprint density at radius 2 is 1.83 bits per heavy atom. The molecule has 0 heterocycles. The number of carboxylic acid groups (broad SMARTS) is 1. The van der Waals surface area contributed by atoms with Gasteiger partial charge in [-0.1, -0.05) is 0 Å². The molecule has 2 N–H and O–H groups in total. The lowest BCUT2D eigenvalue weighted by Gasteiger charge is -2.00. The zero-order valence-corrected chi connectivity index (χ0v) is 6.27. The Labute approximate surface area is 68.3 Å². The minimum absolute atomic E-state index is 0.0930. The van der Waals surface area contributed by atoms with E-state index in [9.17, 15) is 14.7 Å². The van der Waals surface area contributed by atoms with Crippen LogP contribution >= 0.6 is 0 Å². The van der Waals surface area contributed by atoms with Gasteiger partial charge in [-0.15, -0.1) is 6.26 Å². The van der Waals surface area contributed by atoms with Crippen molar-refractivity contribution < 1.29 is 24.9 Å². The largest absolute Gasteiger partial charge is 0.878 e. The highest BCUT2D eigenvalue weighted by molar-refractivity contribution is 6.37. The summed E-state index contributed by atoms with van der Waals surface area (Å²) in [6, 6.07) is 0. The molecular formula is C7H7O5-. The normalized spacial score (nSPS) is 12.8. The SMILES string of the molecule is CC(=C[O-])C(O)=CC(=O)C(=O)O. The third kappa shape index (κ3) is 2.87. The minimum atomic E-state index is -1.68. The molecule has 0 atom stereocenters. The zero-order chi connectivity index (χ0) is 9.72. The summed E-state index contributed by atoms with van der Waals surface area (Å²) in [6.07, 6.45) is 0.799. The first-order chi connectivity index (χ1) is 5.49. The van der Waals surface area contributed by atoms with Crippen molar-refractivity contribution in [1.82, 2.24) is 0 Å².